The predicted molar refractivity (Wildman–Crippen MR) is 64.0 cm³/mol. The molecule has 5 nitrogen and oxygen atoms in total. The molecule has 0 aromatic heterocycles. The van der Waals surface area contributed by atoms with Gasteiger partial charge in [-0.2, -0.15) is 13.2 Å². The molecular weight excluding hydrogens is 277 g/mol. The number of para-hydroxylation sites is 1. The molecule has 1 aromatic carbocycles. The van der Waals surface area contributed by atoms with Crippen LogP contribution in [0.1, 0.15) is 5.56 Å². The summed E-state index contributed by atoms with van der Waals surface area (Å²) in [6.07, 6.45) is -6.74. The van der Waals surface area contributed by atoms with Gasteiger partial charge in [-0.25, -0.2) is 4.79 Å². The van der Waals surface area contributed by atoms with Crippen LogP contribution in [0.4, 0.5) is 23.7 Å². The molecule has 20 heavy (non-hydrogen) atoms. The number of carbonyl (C=O) groups is 1. The number of β-amino-alcohol motifs (C(OH)–C–C–N with tert-alkyl or cyclic N) is 2. The van der Waals surface area contributed by atoms with E-state index in [0.29, 0.717) is 0 Å². The average Bonchev–Trinajstić information content (AvgIpc) is 2.69. The SMILES string of the molecule is O=C(Nc1ccccc1C(F)(F)F)N1CC(O)C(O)C1. The first-order valence-corrected chi connectivity index (χ1v) is 5.87. The molecule has 0 spiro atoms. The normalized spacial score (nSPS) is 22.9. The lowest BCUT2D eigenvalue weighted by molar-refractivity contribution is -0.136. The van der Waals surface area contributed by atoms with Crippen LogP contribution in [0.25, 0.3) is 0 Å². The van der Waals surface area contributed by atoms with Crippen LogP contribution in [0.5, 0.6) is 0 Å². The van der Waals surface area contributed by atoms with E-state index in [0.717, 1.165) is 17.0 Å². The second-order valence-electron chi connectivity index (χ2n) is 4.51. The predicted octanol–water partition coefficient (Wildman–Crippen LogP) is 1.27. The summed E-state index contributed by atoms with van der Waals surface area (Å²) in [6, 6.07) is 3.81. The Morgan fingerprint density at radius 3 is 2.30 bits per heavy atom. The molecule has 2 unspecified atom stereocenters. The van der Waals surface area contributed by atoms with Gasteiger partial charge in [-0.1, -0.05) is 12.1 Å². The third-order valence-corrected chi connectivity index (χ3v) is 3.02. The number of rotatable bonds is 1. The molecule has 1 heterocycles. The zero-order valence-electron chi connectivity index (χ0n) is 10.3. The Labute approximate surface area is 112 Å². The van der Waals surface area contributed by atoms with Gasteiger partial charge in [-0.05, 0) is 12.1 Å². The van der Waals surface area contributed by atoms with E-state index in [1.807, 2.05) is 0 Å². The maximum absolute atomic E-state index is 12.8. The van der Waals surface area contributed by atoms with Crippen LogP contribution < -0.4 is 5.32 Å². The summed E-state index contributed by atoms with van der Waals surface area (Å²) in [5.41, 5.74) is -1.31. The van der Waals surface area contributed by atoms with Gasteiger partial charge < -0.3 is 20.4 Å². The van der Waals surface area contributed by atoms with Crippen LogP contribution >= 0.6 is 0 Å². The van der Waals surface area contributed by atoms with Gasteiger partial charge in [0.25, 0.3) is 0 Å². The van der Waals surface area contributed by atoms with Gasteiger partial charge in [0.1, 0.15) is 0 Å². The Hall–Kier alpha value is -1.80. The van der Waals surface area contributed by atoms with Crippen molar-refractivity contribution in [1.82, 2.24) is 4.90 Å². The number of likely N-dealkylation sites (tertiary alicyclic amines) is 1. The summed E-state index contributed by atoms with van der Waals surface area (Å²) in [5.74, 6) is 0. The number of halogens is 3. The molecule has 1 saturated heterocycles. The van der Waals surface area contributed by atoms with Crippen LogP contribution in [0, 0.1) is 0 Å². The van der Waals surface area contributed by atoms with E-state index in [4.69, 9.17) is 0 Å². The van der Waals surface area contributed by atoms with E-state index in [2.05, 4.69) is 5.32 Å². The van der Waals surface area contributed by atoms with Gasteiger partial charge in [0, 0.05) is 0 Å². The largest absolute Gasteiger partial charge is 0.418 e. The Morgan fingerprint density at radius 1 is 1.20 bits per heavy atom. The molecule has 2 atom stereocenters. The molecular formula is C12H13F3N2O3. The Kier molecular flexibility index (Phi) is 3.87. The second kappa shape index (κ2) is 5.29. The van der Waals surface area contributed by atoms with E-state index < -0.39 is 30.0 Å². The third-order valence-electron chi connectivity index (χ3n) is 3.02. The summed E-state index contributed by atoms with van der Waals surface area (Å²) >= 11 is 0. The fourth-order valence-corrected chi connectivity index (χ4v) is 1.97. The van der Waals surface area contributed by atoms with Gasteiger partial charge >= 0.3 is 12.2 Å². The van der Waals surface area contributed by atoms with Crippen molar-refractivity contribution in [3.05, 3.63) is 29.8 Å². The highest BCUT2D eigenvalue weighted by atomic mass is 19.4. The number of aliphatic hydroxyl groups is 2. The van der Waals surface area contributed by atoms with Crippen molar-refractivity contribution < 1.29 is 28.2 Å². The molecule has 1 aliphatic rings. The van der Waals surface area contributed by atoms with Crippen LogP contribution in [0.15, 0.2) is 24.3 Å². The Morgan fingerprint density at radius 2 is 1.75 bits per heavy atom. The molecule has 0 saturated carbocycles. The molecule has 0 aliphatic carbocycles. The maximum Gasteiger partial charge on any atom is 0.418 e. The van der Waals surface area contributed by atoms with Gasteiger partial charge in [0.05, 0.1) is 36.5 Å². The van der Waals surface area contributed by atoms with Crippen molar-refractivity contribution in [2.24, 2.45) is 0 Å². The number of alkyl halides is 3. The van der Waals surface area contributed by atoms with Gasteiger partial charge in [-0.15, -0.1) is 0 Å². The highest BCUT2D eigenvalue weighted by Gasteiger charge is 2.36. The van der Waals surface area contributed by atoms with Gasteiger partial charge in [0.15, 0.2) is 0 Å². The van der Waals surface area contributed by atoms with Gasteiger partial charge in [0.2, 0.25) is 0 Å². The lowest BCUT2D eigenvalue weighted by atomic mass is 10.1. The number of urea groups is 1. The van der Waals surface area contributed by atoms with Crippen molar-refractivity contribution >= 4 is 11.7 Å². The van der Waals surface area contributed by atoms with Crippen molar-refractivity contribution in [2.75, 3.05) is 18.4 Å². The first-order valence-electron chi connectivity index (χ1n) is 5.87. The molecule has 1 aromatic rings. The van der Waals surface area contributed by atoms with Crippen LogP contribution in [-0.4, -0.2) is 46.4 Å². The fraction of sp³-hybridized carbons (Fsp3) is 0.417. The van der Waals surface area contributed by atoms with Crippen LogP contribution in [0.3, 0.4) is 0 Å². The monoisotopic (exact) mass is 290 g/mol. The highest BCUT2D eigenvalue weighted by Crippen LogP contribution is 2.34. The summed E-state index contributed by atoms with van der Waals surface area (Å²) in [5, 5.41) is 20.8. The topological polar surface area (TPSA) is 72.8 Å². The third kappa shape index (κ3) is 3.02. The molecule has 2 amide bonds. The zero-order valence-corrected chi connectivity index (χ0v) is 10.3. The number of benzene rings is 1. The molecule has 8 heteroatoms. The standard InChI is InChI=1S/C12H13F3N2O3/c13-12(14,15)7-3-1-2-4-8(7)16-11(20)17-5-9(18)10(19)6-17/h1-4,9-10,18-19H,5-6H2,(H,16,20). The summed E-state index contributed by atoms with van der Waals surface area (Å²) in [6.45, 7) is -0.248. The lowest BCUT2D eigenvalue weighted by Crippen LogP contribution is -2.34. The smallest absolute Gasteiger partial charge is 0.388 e. The van der Waals surface area contributed by atoms with E-state index in [9.17, 15) is 28.2 Å². The zero-order chi connectivity index (χ0) is 14.9. The van der Waals surface area contributed by atoms with Crippen LogP contribution in [-0.2, 0) is 6.18 Å². The Balaban J connectivity index is 2.13. The summed E-state index contributed by atoms with van der Waals surface area (Å²) in [4.78, 5) is 12.9. The van der Waals surface area contributed by atoms with E-state index >= 15 is 0 Å². The average molecular weight is 290 g/mol. The quantitative estimate of drug-likeness (QED) is 0.729. The van der Waals surface area contributed by atoms with Crippen molar-refractivity contribution in [3.8, 4) is 0 Å². The molecule has 0 radical (unpaired) electrons. The van der Waals surface area contributed by atoms with Crippen molar-refractivity contribution in [1.29, 1.82) is 0 Å². The van der Waals surface area contributed by atoms with Crippen molar-refractivity contribution in [3.63, 3.8) is 0 Å². The number of hydrogen-bond donors (Lipinski definition) is 3. The molecule has 110 valence electrons. The molecule has 1 fully saturated rings. The lowest BCUT2D eigenvalue weighted by Gasteiger charge is -2.18. The van der Waals surface area contributed by atoms with Crippen molar-refractivity contribution in [2.45, 2.75) is 18.4 Å². The first kappa shape index (κ1) is 14.6. The minimum Gasteiger partial charge on any atom is -0.388 e. The molecule has 3 N–H and O–H groups in total. The van der Waals surface area contributed by atoms with E-state index in [-0.39, 0.29) is 18.8 Å². The number of anilines is 1. The van der Waals surface area contributed by atoms with Crippen LogP contribution in [0.2, 0.25) is 0 Å². The number of aliphatic hydroxyl groups excluding tert-OH is 2. The maximum atomic E-state index is 12.8. The first-order chi connectivity index (χ1) is 9.29. The molecule has 0 bridgehead atoms. The highest BCUT2D eigenvalue weighted by molar-refractivity contribution is 5.90. The molecule has 2 rings (SSSR count). The number of amides is 2. The van der Waals surface area contributed by atoms with E-state index in [1.54, 1.807) is 0 Å². The van der Waals surface area contributed by atoms with E-state index in [1.165, 1.54) is 12.1 Å². The Bertz CT molecular complexity index is 497. The number of nitrogens with one attached hydrogen (secondary N) is 1. The number of carbonyl (C=O) groups excluding carboxylic acids is 1. The fourth-order valence-electron chi connectivity index (χ4n) is 1.97. The summed E-state index contributed by atoms with van der Waals surface area (Å²) in [7, 11) is 0. The number of hydrogen-bond acceptors (Lipinski definition) is 3. The minimum atomic E-state index is -4.58. The van der Waals surface area contributed by atoms with Gasteiger partial charge in [-0.3, -0.25) is 0 Å². The molecule has 1 aliphatic heterocycles. The number of nitrogens with zero attached hydrogens (tertiary/aromatic N) is 1. The second-order valence-corrected chi connectivity index (χ2v) is 4.51. The minimum absolute atomic E-state index is 0.124. The summed E-state index contributed by atoms with van der Waals surface area (Å²) < 4.78 is 38.3.